The molecule has 0 aliphatic carbocycles. The number of rotatable bonds is 1. The Kier molecular flexibility index (Phi) is 2.44. The van der Waals surface area contributed by atoms with Crippen molar-refractivity contribution in [2.45, 2.75) is 18.9 Å². The summed E-state index contributed by atoms with van der Waals surface area (Å²) in [5.41, 5.74) is 2.16. The summed E-state index contributed by atoms with van der Waals surface area (Å²) in [5, 5.41) is 5.30. The molecule has 1 aromatic heterocycles. The van der Waals surface area contributed by atoms with Crippen molar-refractivity contribution in [3.63, 3.8) is 0 Å². The summed E-state index contributed by atoms with van der Waals surface area (Å²) in [6.45, 7) is 0.536. The van der Waals surface area contributed by atoms with Gasteiger partial charge in [-0.1, -0.05) is 6.07 Å². The van der Waals surface area contributed by atoms with E-state index in [2.05, 4.69) is 11.2 Å². The van der Waals surface area contributed by atoms with Crippen molar-refractivity contribution in [2.24, 2.45) is 7.05 Å². The smallest absolute Gasteiger partial charge is 0.138 e. The van der Waals surface area contributed by atoms with Gasteiger partial charge in [-0.25, -0.2) is 0 Å². The highest BCUT2D eigenvalue weighted by Crippen LogP contribution is 2.28. The third-order valence-corrected chi connectivity index (χ3v) is 3.26. The minimum absolute atomic E-state index is 0.0825. The van der Waals surface area contributed by atoms with E-state index in [1.807, 2.05) is 30.1 Å². The first-order valence-electron chi connectivity index (χ1n) is 5.79. The van der Waals surface area contributed by atoms with Crippen LogP contribution in [0.15, 0.2) is 24.4 Å². The molecule has 1 atom stereocenters. The molecule has 0 N–H and O–H groups in total. The highest BCUT2D eigenvalue weighted by atomic mass is 16.5. The van der Waals surface area contributed by atoms with Gasteiger partial charge in [0.05, 0.1) is 24.4 Å². The van der Waals surface area contributed by atoms with E-state index in [0.717, 1.165) is 16.5 Å². The van der Waals surface area contributed by atoms with Gasteiger partial charge < -0.3 is 4.74 Å². The number of aromatic nitrogens is 2. The van der Waals surface area contributed by atoms with Crippen LogP contribution in [0.1, 0.15) is 24.5 Å². The number of benzene rings is 1. The summed E-state index contributed by atoms with van der Waals surface area (Å²) in [4.78, 5) is 11.4. The van der Waals surface area contributed by atoms with Crippen molar-refractivity contribution in [1.29, 1.82) is 0 Å². The average Bonchev–Trinajstić information content (AvgIpc) is 2.71. The Hall–Kier alpha value is -1.68. The summed E-state index contributed by atoms with van der Waals surface area (Å²) in [5.74, 6) is 0.285. The van der Waals surface area contributed by atoms with E-state index < -0.39 is 0 Å². The van der Waals surface area contributed by atoms with Crippen LogP contribution in [-0.4, -0.2) is 22.2 Å². The minimum Gasteiger partial charge on any atom is -0.373 e. The van der Waals surface area contributed by atoms with E-state index in [9.17, 15) is 4.79 Å². The fraction of sp³-hybridized carbons (Fsp3) is 0.385. The molecular formula is C13H14N2O2. The first kappa shape index (κ1) is 10.5. The van der Waals surface area contributed by atoms with Crippen molar-refractivity contribution in [3.05, 3.63) is 30.0 Å². The highest BCUT2D eigenvalue weighted by Gasteiger charge is 2.21. The van der Waals surface area contributed by atoms with Gasteiger partial charge in [0, 0.05) is 25.3 Å². The molecule has 1 unspecified atom stereocenters. The topological polar surface area (TPSA) is 44.1 Å². The molecule has 0 bridgehead atoms. The van der Waals surface area contributed by atoms with Crippen LogP contribution in [0.2, 0.25) is 0 Å². The fourth-order valence-corrected chi connectivity index (χ4v) is 2.28. The Morgan fingerprint density at radius 2 is 2.35 bits per heavy atom. The molecule has 1 aliphatic heterocycles. The molecule has 2 aromatic rings. The molecule has 4 heteroatoms. The van der Waals surface area contributed by atoms with Gasteiger partial charge in [-0.2, -0.15) is 5.10 Å². The second-order valence-electron chi connectivity index (χ2n) is 4.44. The molecule has 1 fully saturated rings. The van der Waals surface area contributed by atoms with Crippen LogP contribution >= 0.6 is 0 Å². The summed E-state index contributed by atoms with van der Waals surface area (Å²) in [7, 11) is 1.92. The number of fused-ring (bicyclic) bond motifs is 1. The Morgan fingerprint density at radius 1 is 1.47 bits per heavy atom. The van der Waals surface area contributed by atoms with Gasteiger partial charge in [-0.3, -0.25) is 9.48 Å². The number of ketones is 1. The lowest BCUT2D eigenvalue weighted by molar-refractivity contribution is -0.128. The lowest BCUT2D eigenvalue weighted by atomic mass is 9.99. The van der Waals surface area contributed by atoms with Crippen LogP contribution in [0, 0.1) is 0 Å². The van der Waals surface area contributed by atoms with Gasteiger partial charge in [0.1, 0.15) is 5.78 Å². The number of aryl methyl sites for hydroxylation is 1. The van der Waals surface area contributed by atoms with Crippen LogP contribution in [0.3, 0.4) is 0 Å². The van der Waals surface area contributed by atoms with Gasteiger partial charge in [0.2, 0.25) is 0 Å². The van der Waals surface area contributed by atoms with E-state index in [4.69, 9.17) is 4.74 Å². The molecular weight excluding hydrogens is 216 g/mol. The maximum absolute atomic E-state index is 11.4. The first-order chi connectivity index (χ1) is 8.24. The van der Waals surface area contributed by atoms with Crippen molar-refractivity contribution in [3.8, 4) is 0 Å². The summed E-state index contributed by atoms with van der Waals surface area (Å²) in [6, 6.07) is 6.11. The maximum Gasteiger partial charge on any atom is 0.138 e. The highest BCUT2D eigenvalue weighted by molar-refractivity contribution is 5.81. The Balaban J connectivity index is 1.97. The lowest BCUT2D eigenvalue weighted by Crippen LogP contribution is -2.19. The Bertz CT molecular complexity index is 574. The molecule has 1 saturated heterocycles. The number of hydrogen-bond acceptors (Lipinski definition) is 3. The minimum atomic E-state index is -0.0825. The molecule has 1 aromatic carbocycles. The number of carbonyl (C=O) groups excluding carboxylic acids is 1. The zero-order chi connectivity index (χ0) is 11.8. The predicted octanol–water partition coefficient (Wildman–Crippen LogP) is 1.99. The molecule has 0 spiro atoms. The van der Waals surface area contributed by atoms with E-state index in [1.165, 1.54) is 0 Å². The van der Waals surface area contributed by atoms with Crippen molar-refractivity contribution < 1.29 is 9.53 Å². The zero-order valence-corrected chi connectivity index (χ0v) is 9.72. The van der Waals surface area contributed by atoms with Crippen LogP contribution < -0.4 is 0 Å². The zero-order valence-electron chi connectivity index (χ0n) is 9.72. The molecule has 1 aliphatic rings. The summed E-state index contributed by atoms with van der Waals surface area (Å²) < 4.78 is 7.48. The van der Waals surface area contributed by atoms with Gasteiger partial charge in [-0.05, 0) is 17.7 Å². The van der Waals surface area contributed by atoms with Crippen LogP contribution in [0.5, 0.6) is 0 Å². The molecule has 3 rings (SSSR count). The summed E-state index contributed by atoms with van der Waals surface area (Å²) >= 11 is 0. The molecule has 17 heavy (non-hydrogen) atoms. The van der Waals surface area contributed by atoms with Gasteiger partial charge in [0.25, 0.3) is 0 Å². The number of hydrogen-bond donors (Lipinski definition) is 0. The quantitative estimate of drug-likeness (QED) is 0.752. The second-order valence-corrected chi connectivity index (χ2v) is 4.44. The monoisotopic (exact) mass is 230 g/mol. The van der Waals surface area contributed by atoms with Crippen LogP contribution in [-0.2, 0) is 16.6 Å². The summed E-state index contributed by atoms with van der Waals surface area (Å²) in [6.07, 6.45) is 2.79. The van der Waals surface area contributed by atoms with Crippen molar-refractivity contribution in [1.82, 2.24) is 9.78 Å². The van der Waals surface area contributed by atoms with E-state index in [-0.39, 0.29) is 11.9 Å². The number of carbonyl (C=O) groups is 1. The normalized spacial score (nSPS) is 21.0. The molecule has 0 saturated carbocycles. The average molecular weight is 230 g/mol. The van der Waals surface area contributed by atoms with Gasteiger partial charge in [0.15, 0.2) is 0 Å². The SMILES string of the molecule is Cn1ncc2cc(C3CC(=O)CCO3)ccc21. The Morgan fingerprint density at radius 3 is 3.18 bits per heavy atom. The third kappa shape index (κ3) is 1.85. The van der Waals surface area contributed by atoms with Crippen LogP contribution in [0.4, 0.5) is 0 Å². The number of nitrogens with zero attached hydrogens (tertiary/aromatic N) is 2. The van der Waals surface area contributed by atoms with Crippen molar-refractivity contribution >= 4 is 16.7 Å². The lowest BCUT2D eigenvalue weighted by Gasteiger charge is -2.22. The molecule has 0 amide bonds. The second kappa shape index (κ2) is 3.96. The van der Waals surface area contributed by atoms with E-state index >= 15 is 0 Å². The Labute approximate surface area is 99.2 Å². The largest absolute Gasteiger partial charge is 0.373 e. The van der Waals surface area contributed by atoms with Crippen LogP contribution in [0.25, 0.3) is 10.9 Å². The van der Waals surface area contributed by atoms with Gasteiger partial charge in [-0.15, -0.1) is 0 Å². The van der Waals surface area contributed by atoms with Crippen molar-refractivity contribution in [2.75, 3.05) is 6.61 Å². The predicted molar refractivity (Wildman–Crippen MR) is 63.6 cm³/mol. The fourth-order valence-electron chi connectivity index (χ4n) is 2.28. The van der Waals surface area contributed by atoms with Gasteiger partial charge >= 0.3 is 0 Å². The molecule has 4 nitrogen and oxygen atoms in total. The first-order valence-corrected chi connectivity index (χ1v) is 5.79. The third-order valence-electron chi connectivity index (χ3n) is 3.26. The number of Topliss-reactive ketones (excluding diaryl/α,β-unsaturated/α-hetero) is 1. The molecule has 88 valence electrons. The van der Waals surface area contributed by atoms with E-state index in [0.29, 0.717) is 19.4 Å². The standard InChI is InChI=1S/C13H14N2O2/c1-15-12-3-2-9(6-10(12)8-14-15)13-7-11(16)4-5-17-13/h2-3,6,8,13H,4-5,7H2,1H3. The molecule has 0 radical (unpaired) electrons. The molecule has 2 heterocycles. The number of ether oxygens (including phenoxy) is 1. The van der Waals surface area contributed by atoms with E-state index in [1.54, 1.807) is 0 Å². The maximum atomic E-state index is 11.4.